The van der Waals surface area contributed by atoms with Gasteiger partial charge in [-0.3, -0.25) is 4.79 Å². The van der Waals surface area contributed by atoms with Crippen LogP contribution in [0.1, 0.15) is 105 Å². The number of hydrogen-bond acceptors (Lipinski definition) is 4. The van der Waals surface area contributed by atoms with Crippen molar-refractivity contribution in [2.24, 2.45) is 0 Å². The van der Waals surface area contributed by atoms with Crippen molar-refractivity contribution in [3.8, 4) is 0 Å². The van der Waals surface area contributed by atoms with Gasteiger partial charge in [-0.1, -0.05) is 71.1 Å². The fourth-order valence-electron chi connectivity index (χ4n) is 2.26. The Hall–Kier alpha value is -1.10. The van der Waals surface area contributed by atoms with Gasteiger partial charge in [0.2, 0.25) is 0 Å². The summed E-state index contributed by atoms with van der Waals surface area (Å²) < 4.78 is 5.10. The molecule has 0 aromatic heterocycles. The summed E-state index contributed by atoms with van der Waals surface area (Å²) in [5, 5.41) is 15.8. The Kier molecular flexibility index (Phi) is 20.1. The first-order valence-corrected chi connectivity index (χ1v) is 9.91. The number of carbonyl (C=O) groups is 2. The van der Waals surface area contributed by atoms with Crippen molar-refractivity contribution in [2.45, 2.75) is 117 Å². The summed E-state index contributed by atoms with van der Waals surface area (Å²) in [7, 11) is 0. The molecule has 0 rings (SSSR count). The third-order valence-electron chi connectivity index (χ3n) is 3.71. The smallest absolute Gasteiger partial charge is 0.332 e. The molecule has 150 valence electrons. The van der Waals surface area contributed by atoms with Crippen molar-refractivity contribution in [1.29, 1.82) is 0 Å². The van der Waals surface area contributed by atoms with E-state index in [0.717, 1.165) is 6.42 Å². The molecule has 0 spiro atoms. The molecule has 1 atom stereocenters. The highest BCUT2D eigenvalue weighted by Crippen LogP contribution is 2.12. The van der Waals surface area contributed by atoms with E-state index in [4.69, 9.17) is 14.9 Å². The van der Waals surface area contributed by atoms with Gasteiger partial charge in [0.1, 0.15) is 6.10 Å². The van der Waals surface area contributed by atoms with Crippen LogP contribution in [0, 0.1) is 0 Å². The minimum absolute atomic E-state index is 0.0280. The minimum Gasteiger partial charge on any atom is -0.479 e. The van der Waals surface area contributed by atoms with E-state index in [-0.39, 0.29) is 12.1 Å². The first-order chi connectivity index (χ1) is 11.8. The summed E-state index contributed by atoms with van der Waals surface area (Å²) in [6, 6.07) is 0. The van der Waals surface area contributed by atoms with Crippen LogP contribution in [0.2, 0.25) is 0 Å². The third-order valence-corrected chi connectivity index (χ3v) is 3.71. The van der Waals surface area contributed by atoms with Gasteiger partial charge in [-0.25, -0.2) is 4.79 Å². The lowest BCUT2D eigenvalue weighted by atomic mass is 10.1. The summed E-state index contributed by atoms with van der Waals surface area (Å²) in [5.41, 5.74) is 0. The topological polar surface area (TPSA) is 83.8 Å². The van der Waals surface area contributed by atoms with Crippen molar-refractivity contribution in [2.75, 3.05) is 0 Å². The molecule has 5 heteroatoms. The number of ether oxygens (including phenoxy) is 1. The van der Waals surface area contributed by atoms with E-state index in [1.807, 2.05) is 13.8 Å². The second-order valence-corrected chi connectivity index (χ2v) is 6.84. The number of esters is 1. The monoisotopic (exact) mass is 360 g/mol. The predicted octanol–water partition coefficient (Wildman–Crippen LogP) is 5.09. The lowest BCUT2D eigenvalue weighted by Gasteiger charge is -2.07. The number of carboxylic acids is 1. The number of aliphatic carboxylic acids is 1. The maximum Gasteiger partial charge on any atom is 0.332 e. The van der Waals surface area contributed by atoms with Crippen molar-refractivity contribution in [1.82, 2.24) is 0 Å². The average Bonchev–Trinajstić information content (AvgIpc) is 2.52. The number of carboxylic acid groups (broad SMARTS) is 1. The van der Waals surface area contributed by atoms with E-state index in [1.165, 1.54) is 71.1 Å². The van der Waals surface area contributed by atoms with Crippen LogP contribution in [0.25, 0.3) is 0 Å². The van der Waals surface area contributed by atoms with Crippen LogP contribution in [-0.2, 0) is 14.3 Å². The van der Waals surface area contributed by atoms with E-state index < -0.39 is 12.1 Å². The molecular weight excluding hydrogens is 320 g/mol. The molecule has 2 N–H and O–H groups in total. The quantitative estimate of drug-likeness (QED) is 0.333. The van der Waals surface area contributed by atoms with E-state index in [9.17, 15) is 9.59 Å². The molecule has 0 amide bonds. The van der Waals surface area contributed by atoms with Crippen molar-refractivity contribution >= 4 is 11.9 Å². The van der Waals surface area contributed by atoms with Crippen molar-refractivity contribution in [3.63, 3.8) is 0 Å². The van der Waals surface area contributed by atoms with Crippen LogP contribution in [0.4, 0.5) is 0 Å². The van der Waals surface area contributed by atoms with Gasteiger partial charge < -0.3 is 14.9 Å². The van der Waals surface area contributed by atoms with Crippen LogP contribution in [0.5, 0.6) is 0 Å². The molecule has 5 nitrogen and oxygen atoms in total. The third kappa shape index (κ3) is 25.3. The van der Waals surface area contributed by atoms with E-state index in [1.54, 1.807) is 0 Å². The number of rotatable bonds is 14. The van der Waals surface area contributed by atoms with Crippen molar-refractivity contribution < 1.29 is 24.5 Å². The molecule has 1 unspecified atom stereocenters. The highest BCUT2D eigenvalue weighted by atomic mass is 16.5. The van der Waals surface area contributed by atoms with Crippen LogP contribution >= 0.6 is 0 Å². The number of unbranched alkanes of at least 4 members (excludes halogenated alkanes) is 10. The lowest BCUT2D eigenvalue weighted by molar-refractivity contribution is -0.147. The molecular formula is C20H40O5. The highest BCUT2D eigenvalue weighted by Gasteiger charge is 2.04. The van der Waals surface area contributed by atoms with Crippen LogP contribution < -0.4 is 0 Å². The maximum atomic E-state index is 11.3. The largest absolute Gasteiger partial charge is 0.479 e. The fourth-order valence-corrected chi connectivity index (χ4v) is 2.26. The van der Waals surface area contributed by atoms with Gasteiger partial charge in [-0.15, -0.1) is 0 Å². The molecule has 0 aliphatic carbocycles. The molecule has 0 aliphatic heterocycles. The molecule has 0 aromatic rings. The minimum atomic E-state index is -1.23. The average molecular weight is 361 g/mol. The fraction of sp³-hybridized carbons (Fsp3) is 0.900. The van der Waals surface area contributed by atoms with Gasteiger partial charge >= 0.3 is 11.9 Å². The highest BCUT2D eigenvalue weighted by molar-refractivity contribution is 5.71. The van der Waals surface area contributed by atoms with E-state index in [2.05, 4.69) is 6.92 Å². The molecule has 0 saturated heterocycles. The number of aliphatic hydroxyl groups is 1. The standard InChI is InChI=1S/C17H34O2.C3H6O3/c1-4-5-6-7-8-9-10-11-12-13-14-15-17(18)19-16(2)3;1-2(4)3(5)6/h16H,4-15H2,1-3H3;2,4H,1H3,(H,5,6). The summed E-state index contributed by atoms with van der Waals surface area (Å²) in [5.74, 6) is -1.22. The normalized spacial score (nSPS) is 11.6. The van der Waals surface area contributed by atoms with E-state index >= 15 is 0 Å². The molecule has 0 aliphatic rings. The van der Waals surface area contributed by atoms with Crippen LogP contribution in [0.3, 0.4) is 0 Å². The van der Waals surface area contributed by atoms with Crippen LogP contribution in [0.15, 0.2) is 0 Å². The summed E-state index contributed by atoms with van der Waals surface area (Å²) in [6.45, 7) is 7.26. The van der Waals surface area contributed by atoms with Gasteiger partial charge in [-0.05, 0) is 27.2 Å². The Morgan fingerprint density at radius 3 is 1.48 bits per heavy atom. The summed E-state index contributed by atoms with van der Waals surface area (Å²) in [6.07, 6.45) is 13.8. The SMILES string of the molecule is CC(O)C(=O)O.CCCCCCCCCCCCCC(=O)OC(C)C. The predicted molar refractivity (Wildman–Crippen MR) is 102 cm³/mol. The van der Waals surface area contributed by atoms with Gasteiger partial charge in [0.15, 0.2) is 0 Å². The summed E-state index contributed by atoms with van der Waals surface area (Å²) >= 11 is 0. The lowest BCUT2D eigenvalue weighted by Crippen LogP contribution is -2.13. The first-order valence-electron chi connectivity index (χ1n) is 9.91. The Balaban J connectivity index is 0. The van der Waals surface area contributed by atoms with Gasteiger partial charge in [0, 0.05) is 6.42 Å². The van der Waals surface area contributed by atoms with E-state index in [0.29, 0.717) is 6.42 Å². The zero-order chi connectivity index (χ0) is 19.5. The van der Waals surface area contributed by atoms with Crippen molar-refractivity contribution in [3.05, 3.63) is 0 Å². The second-order valence-electron chi connectivity index (χ2n) is 6.84. The van der Waals surface area contributed by atoms with Gasteiger partial charge in [0.05, 0.1) is 6.10 Å². The van der Waals surface area contributed by atoms with Gasteiger partial charge in [0.25, 0.3) is 0 Å². The molecule has 0 radical (unpaired) electrons. The first kappa shape index (κ1) is 26.1. The molecule has 0 aromatic carbocycles. The molecule has 0 heterocycles. The van der Waals surface area contributed by atoms with Crippen LogP contribution in [-0.4, -0.2) is 34.4 Å². The second kappa shape index (κ2) is 19.2. The number of carbonyl (C=O) groups excluding carboxylic acids is 1. The summed E-state index contributed by atoms with van der Waals surface area (Å²) in [4.78, 5) is 20.7. The van der Waals surface area contributed by atoms with Gasteiger partial charge in [-0.2, -0.15) is 0 Å². The number of aliphatic hydroxyl groups excluding tert-OH is 1. The molecule has 25 heavy (non-hydrogen) atoms. The Morgan fingerprint density at radius 1 is 0.800 bits per heavy atom. The Labute approximate surface area is 154 Å². The Bertz CT molecular complexity index is 313. The zero-order valence-corrected chi connectivity index (χ0v) is 16.8. The maximum absolute atomic E-state index is 11.3. The molecule has 0 fully saturated rings. The number of hydrogen-bond donors (Lipinski definition) is 2. The zero-order valence-electron chi connectivity index (χ0n) is 16.8. The molecule has 0 saturated carbocycles. The molecule has 0 bridgehead atoms. The Morgan fingerprint density at radius 2 is 1.16 bits per heavy atom.